The lowest BCUT2D eigenvalue weighted by Gasteiger charge is -2.26. The number of carboxylic acids is 4. The third-order valence-corrected chi connectivity index (χ3v) is 20.7. The van der Waals surface area contributed by atoms with Crippen molar-refractivity contribution in [2.24, 2.45) is 82.1 Å². The minimum absolute atomic E-state index is 0.875. The van der Waals surface area contributed by atoms with Gasteiger partial charge in [0.05, 0.1) is 24.7 Å². The summed E-state index contributed by atoms with van der Waals surface area (Å²) in [7, 11) is 0. The van der Waals surface area contributed by atoms with E-state index in [1.165, 1.54) is 334 Å². The molecule has 4 saturated carbocycles. The van der Waals surface area contributed by atoms with Crippen molar-refractivity contribution in [3.05, 3.63) is 0 Å². The number of nitrogens with two attached hydrogens (primary N) is 4. The quantitative estimate of drug-likeness (QED) is 0.0265. The van der Waals surface area contributed by atoms with Crippen molar-refractivity contribution in [1.29, 1.82) is 0 Å². The Morgan fingerprint density at radius 2 is 0.409 bits per heavy atom. The molecule has 0 aliphatic heterocycles. The minimum Gasteiger partial charge on any atom is -0.481 e. The van der Waals surface area contributed by atoms with Crippen molar-refractivity contribution >= 4 is 23.9 Å². The maximum absolute atomic E-state index is 10.6. The lowest BCUT2D eigenvalue weighted by Crippen LogP contribution is -2.33. The van der Waals surface area contributed by atoms with Gasteiger partial charge < -0.3 is 43.4 Å². The molecule has 0 bridgehead atoms. The van der Waals surface area contributed by atoms with E-state index in [0.29, 0.717) is 0 Å². The van der Waals surface area contributed by atoms with Gasteiger partial charge in [0, 0.05) is 0 Å². The Morgan fingerprint density at radius 3 is 0.545 bits per heavy atom. The van der Waals surface area contributed by atoms with Gasteiger partial charge in [-0.2, -0.15) is 0 Å². The first-order valence-corrected chi connectivity index (χ1v) is 38.3. The second-order valence-electron chi connectivity index (χ2n) is 29.2. The molecule has 2 unspecified atom stereocenters. The molecule has 0 spiro atoms. The number of rotatable bonds is 47. The highest BCUT2D eigenvalue weighted by Gasteiger charge is 2.37. The molecule has 4 aliphatic carbocycles. The zero-order chi connectivity index (χ0) is 65.1. The summed E-state index contributed by atoms with van der Waals surface area (Å²) in [6.07, 6.45) is 73.3. The summed E-state index contributed by atoms with van der Waals surface area (Å²) in [5.41, 5.74) is 22.0. The Hall–Kier alpha value is -2.28. The lowest BCUT2D eigenvalue weighted by molar-refractivity contribution is -0.160. The zero-order valence-electron chi connectivity index (χ0n) is 58.5. The van der Waals surface area contributed by atoms with Crippen LogP contribution in [0.2, 0.25) is 0 Å². The molecule has 0 radical (unpaired) electrons. The summed E-state index contributed by atoms with van der Waals surface area (Å²) in [4.78, 5) is 41.9. The van der Waals surface area contributed by atoms with Gasteiger partial charge in [0.15, 0.2) is 0 Å². The van der Waals surface area contributed by atoms with Gasteiger partial charge in [-0.3, -0.25) is 19.2 Å². The number of carbonyl (C=O) groups is 4. The zero-order valence-corrected chi connectivity index (χ0v) is 58.5. The number of hydrogen-bond acceptors (Lipinski definition) is 8. The molecule has 88 heavy (non-hydrogen) atoms. The molecule has 0 aromatic heterocycles. The van der Waals surface area contributed by atoms with E-state index >= 15 is 0 Å². The van der Waals surface area contributed by atoms with Gasteiger partial charge in [-0.15, -0.1) is 0 Å². The fourth-order valence-electron chi connectivity index (χ4n) is 14.2. The summed E-state index contributed by atoms with van der Waals surface area (Å²) >= 11 is 0. The molecule has 2 atom stereocenters. The average Bonchev–Trinajstić information content (AvgIpc) is 3.22. The van der Waals surface area contributed by atoms with Crippen LogP contribution in [0.4, 0.5) is 0 Å². The van der Waals surface area contributed by atoms with Crippen molar-refractivity contribution < 1.29 is 39.6 Å². The Morgan fingerprint density at radius 1 is 0.261 bits per heavy atom. The maximum atomic E-state index is 10.6. The predicted octanol–water partition coefficient (Wildman–Crippen LogP) is 20.5. The summed E-state index contributed by atoms with van der Waals surface area (Å²) in [5.74, 6) is -1.46. The van der Waals surface area contributed by atoms with Crippen molar-refractivity contribution in [1.82, 2.24) is 0 Å². The van der Waals surface area contributed by atoms with Crippen LogP contribution < -0.4 is 22.9 Å². The van der Waals surface area contributed by atoms with Crippen LogP contribution in [0, 0.1) is 59.2 Å². The highest BCUT2D eigenvalue weighted by Crippen LogP contribution is 2.35. The minimum atomic E-state index is -1.76. The van der Waals surface area contributed by atoms with Crippen LogP contribution in [-0.4, -0.2) is 70.5 Å². The third kappa shape index (κ3) is 55.4. The molecule has 522 valence electrons. The SMILES string of the molecule is CC1CCC(CCCCCCCCCCN)CC1.CC1CCC(CCCCCCCCCCN)CC1.CC1CCC(CCCCCCCCCCN)CC1.CC1CCC(CCCCCCCCCCN)CC1.O=C(O)CC(C(=O)O)C(CC(=O)O)C(=O)O. The molecular weight excluding hydrogens is 1100 g/mol. The second-order valence-corrected chi connectivity index (χ2v) is 29.2. The van der Waals surface area contributed by atoms with Crippen molar-refractivity contribution in [3.8, 4) is 0 Å². The van der Waals surface area contributed by atoms with Gasteiger partial charge in [0.1, 0.15) is 0 Å². The van der Waals surface area contributed by atoms with E-state index in [-0.39, 0.29) is 0 Å². The van der Waals surface area contributed by atoms with E-state index in [9.17, 15) is 19.2 Å². The molecule has 4 rings (SSSR count). The molecule has 0 heterocycles. The highest BCUT2D eigenvalue weighted by atomic mass is 16.4. The Kier molecular flexibility index (Phi) is 60.6. The molecule has 0 aromatic rings. The fourth-order valence-corrected chi connectivity index (χ4v) is 14.2. The largest absolute Gasteiger partial charge is 0.481 e. The molecule has 12 N–H and O–H groups in total. The van der Waals surface area contributed by atoms with Crippen LogP contribution in [0.15, 0.2) is 0 Å². The van der Waals surface area contributed by atoms with Crippen LogP contribution in [0.1, 0.15) is 374 Å². The summed E-state index contributed by atoms with van der Waals surface area (Å²) in [6.45, 7) is 13.2. The Bertz CT molecular complexity index is 1350. The smallest absolute Gasteiger partial charge is 0.307 e. The summed E-state index contributed by atoms with van der Waals surface area (Å²) in [5, 5.41) is 34.1. The molecule has 4 aliphatic rings. The topological polar surface area (TPSA) is 253 Å². The van der Waals surface area contributed by atoms with Gasteiger partial charge in [0.2, 0.25) is 0 Å². The lowest BCUT2D eigenvalue weighted by atomic mass is 9.80. The molecule has 4 fully saturated rings. The molecule has 12 heteroatoms. The standard InChI is InChI=1S/4C17H35N.C8H10O8/c4*1-16-11-13-17(14-12-16)10-8-6-4-2-3-5-7-9-15-18;9-5(10)1-3(7(13)14)4(8(15)16)2-6(11)12/h4*16-17H,2-15,18H2,1H3;3-4H,1-2H2,(H,9,10)(H,11,12)(H,13,14)(H,15,16). The summed E-state index contributed by atoms with van der Waals surface area (Å²) in [6, 6.07) is 0. The molecule has 0 amide bonds. The molecule has 0 aromatic carbocycles. The fraction of sp³-hybridized carbons (Fsp3) is 0.947. The van der Waals surface area contributed by atoms with Crippen LogP contribution in [0.25, 0.3) is 0 Å². The van der Waals surface area contributed by atoms with Crippen LogP contribution in [0.3, 0.4) is 0 Å². The van der Waals surface area contributed by atoms with E-state index in [0.717, 1.165) is 73.5 Å². The van der Waals surface area contributed by atoms with Gasteiger partial charge in [-0.1, -0.05) is 336 Å². The summed E-state index contributed by atoms with van der Waals surface area (Å²) < 4.78 is 0. The molecule has 0 saturated heterocycles. The number of hydrogen-bond donors (Lipinski definition) is 8. The highest BCUT2D eigenvalue weighted by molar-refractivity contribution is 5.86. The van der Waals surface area contributed by atoms with E-state index in [4.69, 9.17) is 43.4 Å². The van der Waals surface area contributed by atoms with Crippen molar-refractivity contribution in [2.75, 3.05) is 26.2 Å². The van der Waals surface area contributed by atoms with Crippen molar-refractivity contribution in [3.63, 3.8) is 0 Å². The predicted molar refractivity (Wildman–Crippen MR) is 374 cm³/mol. The number of unbranched alkanes of at least 4 members (excludes halogenated alkanes) is 28. The van der Waals surface area contributed by atoms with Gasteiger partial charge >= 0.3 is 23.9 Å². The average molecular weight is 1250 g/mol. The second kappa shape index (κ2) is 62.2. The van der Waals surface area contributed by atoms with E-state index in [2.05, 4.69) is 27.7 Å². The third-order valence-electron chi connectivity index (χ3n) is 20.7. The number of carboxylic acid groups (broad SMARTS) is 4. The van der Waals surface area contributed by atoms with Crippen LogP contribution in [-0.2, 0) is 19.2 Å². The number of aliphatic carboxylic acids is 4. The monoisotopic (exact) mass is 1250 g/mol. The van der Waals surface area contributed by atoms with Gasteiger partial charge in [-0.25, -0.2) is 0 Å². The first kappa shape index (κ1) is 85.7. The van der Waals surface area contributed by atoms with E-state index < -0.39 is 48.6 Å². The van der Waals surface area contributed by atoms with Gasteiger partial charge in [0.25, 0.3) is 0 Å². The van der Waals surface area contributed by atoms with Crippen molar-refractivity contribution in [2.45, 2.75) is 374 Å². The normalized spacial score (nSPS) is 22.4. The van der Waals surface area contributed by atoms with Crippen LogP contribution >= 0.6 is 0 Å². The Balaban J connectivity index is 0.00000108. The first-order valence-electron chi connectivity index (χ1n) is 38.3. The maximum Gasteiger partial charge on any atom is 0.307 e. The molecule has 12 nitrogen and oxygen atoms in total. The van der Waals surface area contributed by atoms with E-state index in [1.54, 1.807) is 0 Å². The van der Waals surface area contributed by atoms with Crippen LogP contribution in [0.5, 0.6) is 0 Å². The Labute approximate surface area is 543 Å². The first-order chi connectivity index (χ1) is 42.6. The molecular formula is C76H150N4O8. The van der Waals surface area contributed by atoms with Gasteiger partial charge in [-0.05, 0) is 99.2 Å². The van der Waals surface area contributed by atoms with E-state index in [1.807, 2.05) is 0 Å².